The first kappa shape index (κ1) is 34.2. The van der Waals surface area contributed by atoms with Gasteiger partial charge < -0.3 is 20.1 Å². The molecular weight excluding hydrogens is 612 g/mol. The minimum atomic E-state index is -3.01. The van der Waals surface area contributed by atoms with Gasteiger partial charge in [0.1, 0.15) is 23.2 Å². The summed E-state index contributed by atoms with van der Waals surface area (Å²) < 4.78 is 5.78. The Morgan fingerprint density at radius 1 is 1.00 bits per heavy atom. The Labute approximate surface area is 281 Å². The number of phenolic OH excluding ortho intramolecular Hbond substituents is 1. The fourth-order valence-electron chi connectivity index (χ4n) is 10.3. The molecule has 0 radical (unpaired) electrons. The zero-order valence-corrected chi connectivity index (χ0v) is 28.8. The molecule has 3 fully saturated rings. The molecule has 3 saturated carbocycles. The van der Waals surface area contributed by atoms with E-state index in [2.05, 4.69) is 0 Å². The molecule has 3 unspecified atom stereocenters. The van der Waals surface area contributed by atoms with E-state index in [1.165, 1.54) is 25.8 Å². The fourth-order valence-corrected chi connectivity index (χ4v) is 10.3. The first-order chi connectivity index (χ1) is 22.5. The molecule has 48 heavy (non-hydrogen) atoms. The summed E-state index contributed by atoms with van der Waals surface area (Å²) in [5.41, 5.74) is -4.03. The zero-order chi connectivity index (χ0) is 35.2. The van der Waals surface area contributed by atoms with E-state index < -0.39 is 81.0 Å². The molecule has 0 amide bonds. The number of carbonyl (C=O) groups is 5. The van der Waals surface area contributed by atoms with E-state index in [1.807, 2.05) is 18.2 Å². The molecule has 4 aliphatic carbocycles. The largest absolute Gasteiger partial charge is 0.507 e. The lowest BCUT2D eigenvalue weighted by Gasteiger charge is -2.65. The van der Waals surface area contributed by atoms with Gasteiger partial charge in [-0.15, -0.1) is 0 Å². The molecule has 0 heterocycles. The van der Waals surface area contributed by atoms with Crippen LogP contribution in [-0.4, -0.2) is 63.1 Å². The molecule has 4 aliphatic rings. The number of aliphatic hydroxyl groups excluding tert-OH is 1. The summed E-state index contributed by atoms with van der Waals surface area (Å²) >= 11 is 0. The maximum Gasteiger partial charge on any atom is 0.191 e. The smallest absolute Gasteiger partial charge is 0.191 e. The van der Waals surface area contributed by atoms with Crippen LogP contribution in [0, 0.1) is 40.4 Å². The van der Waals surface area contributed by atoms with Crippen LogP contribution < -0.4 is 4.74 Å². The van der Waals surface area contributed by atoms with Crippen molar-refractivity contribution in [2.24, 2.45) is 40.4 Å². The number of benzene rings is 2. The van der Waals surface area contributed by atoms with Gasteiger partial charge in [-0.1, -0.05) is 72.4 Å². The Bertz CT molecular complexity index is 1750. The number of phenols is 1. The van der Waals surface area contributed by atoms with Crippen LogP contribution in [0.15, 0.2) is 30.3 Å². The Kier molecular flexibility index (Phi) is 8.15. The molecule has 2 aromatic rings. The number of ether oxygens (including phenoxy) is 1. The first-order valence-corrected chi connectivity index (χ1v) is 17.1. The zero-order valence-electron chi connectivity index (χ0n) is 28.8. The molecular formula is C39H46O9. The lowest BCUT2D eigenvalue weighted by molar-refractivity contribution is -0.240. The predicted molar refractivity (Wildman–Crippen MR) is 177 cm³/mol. The van der Waals surface area contributed by atoms with Gasteiger partial charge in [-0.05, 0) is 66.0 Å². The number of rotatable bonds is 6. The SMILES string of the molecule is COc1ccc(CC2CCCC2)cc1-c1ccc(O)c2c1[C@@H](C)[C@@]1(C)C(C2=O)C(=O)[C@@]2(O)C(=O)C(C(C)=O)C(=O)C(C(C)C)[C@@]2(C)[C@@H]1O. The van der Waals surface area contributed by atoms with Crippen molar-refractivity contribution in [1.29, 1.82) is 0 Å². The maximum atomic E-state index is 14.7. The minimum Gasteiger partial charge on any atom is -0.507 e. The quantitative estimate of drug-likeness (QED) is 0.363. The molecule has 0 saturated heterocycles. The van der Waals surface area contributed by atoms with Gasteiger partial charge in [-0.25, -0.2) is 0 Å². The number of carbonyl (C=O) groups excluding carboxylic acids is 5. The number of ketones is 5. The van der Waals surface area contributed by atoms with Gasteiger partial charge >= 0.3 is 0 Å². The lowest BCUT2D eigenvalue weighted by Crippen LogP contribution is -2.82. The average Bonchev–Trinajstić information content (AvgIpc) is 3.54. The second-order valence-electron chi connectivity index (χ2n) is 15.5. The topological polar surface area (TPSA) is 155 Å². The Morgan fingerprint density at radius 2 is 1.65 bits per heavy atom. The fraction of sp³-hybridized carbons (Fsp3) is 0.564. The molecule has 0 spiro atoms. The highest BCUT2D eigenvalue weighted by molar-refractivity contribution is 6.33. The van der Waals surface area contributed by atoms with Crippen molar-refractivity contribution in [2.75, 3.05) is 7.11 Å². The number of hydrogen-bond acceptors (Lipinski definition) is 9. The standard InChI is InChI=1S/C39H46O9/c1-18(2)30-32(42)28(20(4)40)34(44)39(47)35(45)31-33(43)29-25(41)14-13-23(27(29)19(3)37(31,5)36(46)38(30,39)6)24-17-22(12-15-26(24)48-7)16-21-10-8-9-11-21/h12-15,17-19,21,28,30-31,36,41,46-47H,8-11,16H2,1-7H3/t19-,28?,30?,31?,36-,37+,38+,39+/m1/s1. The van der Waals surface area contributed by atoms with Gasteiger partial charge in [-0.2, -0.15) is 0 Å². The number of aliphatic hydroxyl groups is 2. The number of hydrogen-bond donors (Lipinski definition) is 3. The van der Waals surface area contributed by atoms with Gasteiger partial charge in [0.15, 0.2) is 28.7 Å². The summed E-state index contributed by atoms with van der Waals surface area (Å²) in [6.07, 6.45) is 3.89. The van der Waals surface area contributed by atoms with Crippen molar-refractivity contribution in [3.63, 3.8) is 0 Å². The molecule has 9 nitrogen and oxygen atoms in total. The van der Waals surface area contributed by atoms with E-state index in [4.69, 9.17) is 4.74 Å². The van der Waals surface area contributed by atoms with E-state index in [1.54, 1.807) is 40.9 Å². The molecule has 9 heteroatoms. The van der Waals surface area contributed by atoms with Crippen molar-refractivity contribution in [3.8, 4) is 22.6 Å². The maximum absolute atomic E-state index is 14.7. The van der Waals surface area contributed by atoms with E-state index in [-0.39, 0.29) is 11.3 Å². The molecule has 2 aromatic carbocycles. The van der Waals surface area contributed by atoms with Crippen LogP contribution in [0.25, 0.3) is 11.1 Å². The summed E-state index contributed by atoms with van der Waals surface area (Å²) in [4.78, 5) is 70.0. The number of Topliss-reactive ketones (excluding diaryl/α,β-unsaturated/α-hetero) is 5. The van der Waals surface area contributed by atoms with Crippen LogP contribution in [0.1, 0.15) is 94.6 Å². The summed E-state index contributed by atoms with van der Waals surface area (Å²) in [7, 11) is 1.55. The van der Waals surface area contributed by atoms with Gasteiger partial charge in [-0.3, -0.25) is 24.0 Å². The highest BCUT2D eigenvalue weighted by Crippen LogP contribution is 2.67. The number of aromatic hydroxyl groups is 1. The monoisotopic (exact) mass is 658 g/mol. The third-order valence-electron chi connectivity index (χ3n) is 12.8. The average molecular weight is 659 g/mol. The highest BCUT2D eigenvalue weighted by Gasteiger charge is 2.80. The summed E-state index contributed by atoms with van der Waals surface area (Å²) in [6, 6.07) is 9.04. The third-order valence-corrected chi connectivity index (χ3v) is 12.8. The number of fused-ring (bicyclic) bond motifs is 3. The summed E-state index contributed by atoms with van der Waals surface area (Å²) in [5.74, 6) is -10.4. The van der Waals surface area contributed by atoms with Crippen LogP contribution in [0.3, 0.4) is 0 Å². The summed E-state index contributed by atoms with van der Waals surface area (Å²) in [6.45, 7) is 9.12. The van der Waals surface area contributed by atoms with E-state index in [0.717, 1.165) is 31.7 Å². The van der Waals surface area contributed by atoms with Crippen molar-refractivity contribution in [3.05, 3.63) is 47.0 Å². The van der Waals surface area contributed by atoms with Crippen LogP contribution in [0.4, 0.5) is 0 Å². The molecule has 0 aromatic heterocycles. The molecule has 0 bridgehead atoms. The molecule has 3 N–H and O–H groups in total. The second-order valence-corrected chi connectivity index (χ2v) is 15.5. The summed E-state index contributed by atoms with van der Waals surface area (Å²) in [5, 5.41) is 36.2. The van der Waals surface area contributed by atoms with Crippen molar-refractivity contribution < 1.29 is 44.0 Å². The Morgan fingerprint density at radius 3 is 2.23 bits per heavy atom. The highest BCUT2D eigenvalue weighted by atomic mass is 16.5. The first-order valence-electron chi connectivity index (χ1n) is 17.1. The van der Waals surface area contributed by atoms with Gasteiger partial charge in [0.05, 0.1) is 24.7 Å². The van der Waals surface area contributed by atoms with Gasteiger partial charge in [0, 0.05) is 22.3 Å². The second kappa shape index (κ2) is 11.4. The normalized spacial score (nSPS) is 35.0. The van der Waals surface area contributed by atoms with Crippen LogP contribution >= 0.6 is 0 Å². The number of methoxy groups -OCH3 is 1. The molecule has 6 rings (SSSR count). The minimum absolute atomic E-state index is 0.124. The molecule has 256 valence electrons. The molecule has 0 aliphatic heterocycles. The van der Waals surface area contributed by atoms with Crippen molar-refractivity contribution in [1.82, 2.24) is 0 Å². The third kappa shape index (κ3) is 4.25. The van der Waals surface area contributed by atoms with Gasteiger partial charge in [0.2, 0.25) is 0 Å². The van der Waals surface area contributed by atoms with Crippen LogP contribution in [0.2, 0.25) is 0 Å². The van der Waals surface area contributed by atoms with Gasteiger partial charge in [0.25, 0.3) is 0 Å². The molecule has 8 atom stereocenters. The van der Waals surface area contributed by atoms with Crippen LogP contribution in [-0.2, 0) is 25.6 Å². The van der Waals surface area contributed by atoms with E-state index >= 15 is 0 Å². The predicted octanol–water partition coefficient (Wildman–Crippen LogP) is 5.03. The van der Waals surface area contributed by atoms with E-state index in [0.29, 0.717) is 28.4 Å². The van der Waals surface area contributed by atoms with E-state index in [9.17, 15) is 39.3 Å². The van der Waals surface area contributed by atoms with Crippen molar-refractivity contribution >= 4 is 28.9 Å². The Balaban J connectivity index is 1.59. The van der Waals surface area contributed by atoms with Crippen molar-refractivity contribution in [2.45, 2.75) is 91.3 Å². The van der Waals surface area contributed by atoms with Crippen LogP contribution in [0.5, 0.6) is 11.5 Å². The Hall–Kier alpha value is -3.69. The lowest BCUT2D eigenvalue weighted by atomic mass is 9.37.